The predicted octanol–water partition coefficient (Wildman–Crippen LogP) is 2.08. The van der Waals surface area contributed by atoms with E-state index in [0.717, 1.165) is 10.9 Å². The van der Waals surface area contributed by atoms with Gasteiger partial charge in [0.05, 0.1) is 11.2 Å². The molecule has 0 aliphatic rings. The number of pyridine rings is 1. The molecular formula is C11H7NO. The molecule has 0 atom stereocenters. The van der Waals surface area contributed by atoms with Crippen molar-refractivity contribution in [1.29, 1.82) is 0 Å². The lowest BCUT2D eigenvalue weighted by atomic mass is 10.2. The summed E-state index contributed by atoms with van der Waals surface area (Å²) in [6.07, 6.45) is 1.33. The Hall–Kier alpha value is -1.92. The van der Waals surface area contributed by atoms with Gasteiger partial charge in [0.2, 0.25) is 0 Å². The van der Waals surface area contributed by atoms with Crippen molar-refractivity contribution in [3.8, 4) is 0 Å². The van der Waals surface area contributed by atoms with Crippen LogP contribution in [0.4, 0.5) is 0 Å². The van der Waals surface area contributed by atoms with Gasteiger partial charge in [-0.3, -0.25) is 0 Å². The van der Waals surface area contributed by atoms with E-state index in [9.17, 15) is 4.79 Å². The Bertz CT molecular complexity index is 484. The second-order valence-electron chi connectivity index (χ2n) is 2.69. The van der Waals surface area contributed by atoms with E-state index in [1.165, 1.54) is 6.08 Å². The van der Waals surface area contributed by atoms with E-state index < -0.39 is 0 Å². The summed E-state index contributed by atoms with van der Waals surface area (Å²) in [5.41, 5.74) is 1.54. The minimum atomic E-state index is 0.647. The zero-order valence-corrected chi connectivity index (χ0v) is 6.90. The molecule has 0 radical (unpaired) electrons. The quantitative estimate of drug-likeness (QED) is 0.612. The van der Waals surface area contributed by atoms with Crippen molar-refractivity contribution in [2.24, 2.45) is 0 Å². The van der Waals surface area contributed by atoms with Crippen molar-refractivity contribution in [2.45, 2.75) is 0 Å². The molecular weight excluding hydrogens is 162 g/mol. The molecule has 0 aliphatic carbocycles. The molecule has 0 N–H and O–H groups in total. The molecule has 0 saturated carbocycles. The van der Waals surface area contributed by atoms with E-state index >= 15 is 0 Å². The standard InChI is InChI=1S/C11H7NO/c13-8-7-10-6-5-9-3-1-2-4-11(9)12-10/h1-7H. The topological polar surface area (TPSA) is 30.0 Å². The van der Waals surface area contributed by atoms with Crippen molar-refractivity contribution >= 4 is 22.9 Å². The van der Waals surface area contributed by atoms with Gasteiger partial charge in [-0.2, -0.15) is 0 Å². The Morgan fingerprint density at radius 3 is 2.85 bits per heavy atom. The summed E-state index contributed by atoms with van der Waals surface area (Å²) < 4.78 is 0. The Morgan fingerprint density at radius 2 is 2.00 bits per heavy atom. The second kappa shape index (κ2) is 3.21. The number of fused-ring (bicyclic) bond motifs is 1. The number of benzene rings is 1. The lowest BCUT2D eigenvalue weighted by molar-refractivity contribution is 0.570. The third-order valence-electron chi connectivity index (χ3n) is 1.83. The van der Waals surface area contributed by atoms with Crippen LogP contribution in [0, 0.1) is 0 Å². The minimum absolute atomic E-state index is 0.647. The highest BCUT2D eigenvalue weighted by atomic mass is 16.1. The van der Waals surface area contributed by atoms with E-state index in [2.05, 4.69) is 4.98 Å². The van der Waals surface area contributed by atoms with Crippen LogP contribution in [-0.2, 0) is 4.79 Å². The van der Waals surface area contributed by atoms with Gasteiger partial charge in [0.1, 0.15) is 5.94 Å². The maximum Gasteiger partial charge on any atom is 0.126 e. The van der Waals surface area contributed by atoms with Crippen LogP contribution in [0.15, 0.2) is 36.4 Å². The van der Waals surface area contributed by atoms with Gasteiger partial charge in [-0.05, 0) is 12.1 Å². The highest BCUT2D eigenvalue weighted by Crippen LogP contribution is 2.11. The number of para-hydroxylation sites is 1. The molecule has 2 nitrogen and oxygen atoms in total. The molecule has 2 heteroatoms. The van der Waals surface area contributed by atoms with Crippen LogP contribution >= 0.6 is 0 Å². The van der Waals surface area contributed by atoms with E-state index in [4.69, 9.17) is 0 Å². The lowest BCUT2D eigenvalue weighted by Crippen LogP contribution is -1.82. The Kier molecular flexibility index (Phi) is 1.91. The summed E-state index contributed by atoms with van der Waals surface area (Å²) in [6.45, 7) is 0. The summed E-state index contributed by atoms with van der Waals surface area (Å²) in [7, 11) is 0. The van der Waals surface area contributed by atoms with Crippen LogP contribution in [0.2, 0.25) is 0 Å². The molecule has 2 rings (SSSR count). The smallest absolute Gasteiger partial charge is 0.126 e. The zero-order chi connectivity index (χ0) is 9.10. The maximum absolute atomic E-state index is 10.1. The number of carbonyl (C=O) groups excluding carboxylic acids is 1. The first kappa shape index (κ1) is 7.71. The molecule has 62 valence electrons. The van der Waals surface area contributed by atoms with Gasteiger partial charge in [-0.1, -0.05) is 24.3 Å². The fraction of sp³-hybridized carbons (Fsp3) is 0. The van der Waals surface area contributed by atoms with Crippen LogP contribution in [0.25, 0.3) is 17.0 Å². The van der Waals surface area contributed by atoms with Crippen LogP contribution in [0.1, 0.15) is 5.69 Å². The summed E-state index contributed by atoms with van der Waals surface area (Å²) in [4.78, 5) is 14.3. The van der Waals surface area contributed by atoms with Gasteiger partial charge in [-0.25, -0.2) is 9.78 Å². The first-order valence-corrected chi connectivity index (χ1v) is 3.97. The van der Waals surface area contributed by atoms with Crippen LogP contribution in [0.3, 0.4) is 0 Å². The molecule has 0 unspecified atom stereocenters. The fourth-order valence-corrected chi connectivity index (χ4v) is 1.22. The number of hydrogen-bond acceptors (Lipinski definition) is 2. The summed E-state index contributed by atoms with van der Waals surface area (Å²) in [5.74, 6) is 1.71. The highest BCUT2D eigenvalue weighted by molar-refractivity contribution is 5.81. The number of rotatable bonds is 1. The molecule has 0 spiro atoms. The largest absolute Gasteiger partial charge is 0.248 e. The average molecular weight is 169 g/mol. The molecule has 0 saturated heterocycles. The first-order chi connectivity index (χ1) is 6.40. The van der Waals surface area contributed by atoms with Crippen LogP contribution in [-0.4, -0.2) is 10.9 Å². The minimum Gasteiger partial charge on any atom is -0.248 e. The van der Waals surface area contributed by atoms with E-state index in [0.29, 0.717) is 5.69 Å². The van der Waals surface area contributed by atoms with Gasteiger partial charge in [0.25, 0.3) is 0 Å². The van der Waals surface area contributed by atoms with Crippen molar-refractivity contribution in [3.63, 3.8) is 0 Å². The normalized spacial score (nSPS) is 9.54. The number of hydrogen-bond donors (Lipinski definition) is 0. The number of aromatic nitrogens is 1. The second-order valence-corrected chi connectivity index (χ2v) is 2.69. The molecule has 0 amide bonds. The SMILES string of the molecule is O=C=Cc1ccc2ccccc2n1. The third kappa shape index (κ3) is 1.48. The third-order valence-corrected chi connectivity index (χ3v) is 1.83. The zero-order valence-electron chi connectivity index (χ0n) is 6.90. The van der Waals surface area contributed by atoms with Crippen molar-refractivity contribution in [1.82, 2.24) is 4.98 Å². The molecule has 0 aliphatic heterocycles. The Morgan fingerprint density at radius 1 is 1.15 bits per heavy atom. The van der Waals surface area contributed by atoms with Gasteiger partial charge in [0, 0.05) is 11.5 Å². The Balaban J connectivity index is 2.68. The van der Waals surface area contributed by atoms with Crippen LogP contribution < -0.4 is 0 Å². The van der Waals surface area contributed by atoms with Gasteiger partial charge < -0.3 is 0 Å². The van der Waals surface area contributed by atoms with Crippen molar-refractivity contribution < 1.29 is 4.79 Å². The van der Waals surface area contributed by atoms with Crippen LogP contribution in [0.5, 0.6) is 0 Å². The molecule has 0 bridgehead atoms. The summed E-state index contributed by atoms with van der Waals surface area (Å²) >= 11 is 0. The lowest BCUT2D eigenvalue weighted by Gasteiger charge is -1.96. The number of nitrogens with zero attached hydrogens (tertiary/aromatic N) is 1. The molecule has 1 aromatic heterocycles. The molecule has 1 heterocycles. The van der Waals surface area contributed by atoms with E-state index in [1.807, 2.05) is 30.3 Å². The van der Waals surface area contributed by atoms with Gasteiger partial charge in [0.15, 0.2) is 0 Å². The van der Waals surface area contributed by atoms with E-state index in [1.54, 1.807) is 12.0 Å². The van der Waals surface area contributed by atoms with E-state index in [-0.39, 0.29) is 0 Å². The fourth-order valence-electron chi connectivity index (χ4n) is 1.22. The summed E-state index contributed by atoms with van der Waals surface area (Å²) in [5, 5.41) is 1.07. The highest BCUT2D eigenvalue weighted by Gasteiger charge is 1.93. The van der Waals surface area contributed by atoms with Gasteiger partial charge in [-0.15, -0.1) is 0 Å². The van der Waals surface area contributed by atoms with Gasteiger partial charge >= 0.3 is 0 Å². The summed E-state index contributed by atoms with van der Waals surface area (Å²) in [6, 6.07) is 11.5. The molecule has 2 aromatic rings. The molecule has 1 aromatic carbocycles. The molecule has 13 heavy (non-hydrogen) atoms. The predicted molar refractivity (Wildman–Crippen MR) is 51.9 cm³/mol. The molecule has 0 fully saturated rings. The maximum atomic E-state index is 10.1. The van der Waals surface area contributed by atoms with Crippen molar-refractivity contribution in [2.75, 3.05) is 0 Å². The monoisotopic (exact) mass is 169 g/mol. The van der Waals surface area contributed by atoms with Crippen molar-refractivity contribution in [3.05, 3.63) is 42.1 Å². The average Bonchev–Trinajstić information content (AvgIpc) is 2.18. The first-order valence-electron chi connectivity index (χ1n) is 3.97. The Labute approximate surface area is 75.5 Å².